The van der Waals surface area contributed by atoms with Gasteiger partial charge in [-0.2, -0.15) is 0 Å². The van der Waals surface area contributed by atoms with Gasteiger partial charge in [0.25, 0.3) is 5.91 Å². The number of nitrogens with zero attached hydrogens (tertiary/aromatic N) is 1. The maximum atomic E-state index is 13.1. The maximum absolute atomic E-state index is 13.1. The molecule has 1 aromatic carbocycles. The lowest BCUT2D eigenvalue weighted by Crippen LogP contribution is -2.47. The van der Waals surface area contributed by atoms with Crippen LogP contribution in [0.2, 0.25) is 0 Å². The fourth-order valence-electron chi connectivity index (χ4n) is 1.82. The second-order valence-corrected chi connectivity index (χ2v) is 4.91. The van der Waals surface area contributed by atoms with Gasteiger partial charge in [0.15, 0.2) is 0 Å². The van der Waals surface area contributed by atoms with E-state index in [1.54, 1.807) is 4.90 Å². The Kier molecular flexibility index (Phi) is 3.79. The molecule has 1 heterocycles. The number of ether oxygens (including phenoxy) is 1. The van der Waals surface area contributed by atoms with Crippen LogP contribution in [0.5, 0.6) is 0 Å². The number of benzene rings is 1. The quantitative estimate of drug-likeness (QED) is 0.797. The summed E-state index contributed by atoms with van der Waals surface area (Å²) in [6, 6.07) is 4.37. The number of rotatable bonds is 1. The molecular formula is C12H13BrFNO2. The molecule has 3 nitrogen and oxygen atoms in total. The summed E-state index contributed by atoms with van der Waals surface area (Å²) < 4.78 is 18.7. The maximum Gasteiger partial charge on any atom is 0.254 e. The Bertz CT molecular complexity index is 439. The van der Waals surface area contributed by atoms with E-state index in [0.29, 0.717) is 29.8 Å². The fourth-order valence-corrected chi connectivity index (χ4v) is 2.20. The molecular weight excluding hydrogens is 289 g/mol. The molecule has 2 rings (SSSR count). The molecule has 17 heavy (non-hydrogen) atoms. The average molecular weight is 302 g/mol. The molecule has 1 saturated heterocycles. The second kappa shape index (κ2) is 5.14. The zero-order valence-electron chi connectivity index (χ0n) is 9.45. The predicted octanol–water partition coefficient (Wildman–Crippen LogP) is 2.45. The number of hydrogen-bond donors (Lipinski definition) is 0. The minimum absolute atomic E-state index is 0.0556. The third kappa shape index (κ3) is 2.66. The third-order valence-corrected chi connectivity index (χ3v) is 3.40. The van der Waals surface area contributed by atoms with Gasteiger partial charge in [0.1, 0.15) is 5.82 Å². The summed E-state index contributed by atoms with van der Waals surface area (Å²) in [7, 11) is 0. The molecule has 0 bridgehead atoms. The van der Waals surface area contributed by atoms with Crippen LogP contribution in [0.4, 0.5) is 4.39 Å². The summed E-state index contributed by atoms with van der Waals surface area (Å²) in [5.41, 5.74) is 0.493. The van der Waals surface area contributed by atoms with Crippen LogP contribution < -0.4 is 0 Å². The van der Waals surface area contributed by atoms with Gasteiger partial charge in [-0.05, 0) is 41.1 Å². The Morgan fingerprint density at radius 3 is 3.00 bits per heavy atom. The fraction of sp³-hybridized carbons (Fsp3) is 0.417. The Morgan fingerprint density at radius 1 is 1.59 bits per heavy atom. The Labute approximate surface area is 108 Å². The van der Waals surface area contributed by atoms with Crippen molar-refractivity contribution in [1.82, 2.24) is 4.90 Å². The Hall–Kier alpha value is -0.940. The lowest BCUT2D eigenvalue weighted by Gasteiger charge is -2.33. The van der Waals surface area contributed by atoms with Gasteiger partial charge in [-0.1, -0.05) is 0 Å². The molecule has 1 aromatic rings. The summed E-state index contributed by atoms with van der Waals surface area (Å²) in [5.74, 6) is -0.446. The van der Waals surface area contributed by atoms with Crippen LogP contribution in [-0.4, -0.2) is 36.6 Å². The highest BCUT2D eigenvalue weighted by atomic mass is 79.9. The first-order chi connectivity index (χ1) is 8.09. The van der Waals surface area contributed by atoms with Gasteiger partial charge in [-0.25, -0.2) is 4.39 Å². The van der Waals surface area contributed by atoms with Gasteiger partial charge in [0, 0.05) is 12.1 Å². The largest absolute Gasteiger partial charge is 0.377 e. The van der Waals surface area contributed by atoms with Crippen molar-refractivity contribution in [3.63, 3.8) is 0 Å². The number of morpholine rings is 1. The van der Waals surface area contributed by atoms with Crippen LogP contribution in [0, 0.1) is 5.82 Å². The molecule has 1 aliphatic heterocycles. The summed E-state index contributed by atoms with van der Waals surface area (Å²) in [6.07, 6.45) is 0. The molecule has 1 atom stereocenters. The van der Waals surface area contributed by atoms with Crippen molar-refractivity contribution >= 4 is 21.8 Å². The van der Waals surface area contributed by atoms with E-state index in [4.69, 9.17) is 4.74 Å². The van der Waals surface area contributed by atoms with Crippen LogP contribution in [-0.2, 0) is 4.74 Å². The number of hydrogen-bond acceptors (Lipinski definition) is 2. The van der Waals surface area contributed by atoms with Crippen molar-refractivity contribution in [2.24, 2.45) is 0 Å². The smallest absolute Gasteiger partial charge is 0.254 e. The molecule has 0 radical (unpaired) electrons. The monoisotopic (exact) mass is 301 g/mol. The summed E-state index contributed by atoms with van der Waals surface area (Å²) in [4.78, 5) is 14.0. The van der Waals surface area contributed by atoms with E-state index in [9.17, 15) is 9.18 Å². The molecule has 0 spiro atoms. The van der Waals surface area contributed by atoms with Crippen molar-refractivity contribution in [3.8, 4) is 0 Å². The first kappa shape index (κ1) is 12.5. The van der Waals surface area contributed by atoms with Gasteiger partial charge in [-0.3, -0.25) is 4.79 Å². The molecule has 0 aliphatic carbocycles. The lowest BCUT2D eigenvalue weighted by molar-refractivity contribution is 0.00359. The summed E-state index contributed by atoms with van der Waals surface area (Å²) in [5, 5.41) is 0. The van der Waals surface area contributed by atoms with E-state index in [0.717, 1.165) is 0 Å². The highest BCUT2D eigenvalue weighted by Crippen LogP contribution is 2.19. The number of halogens is 2. The van der Waals surface area contributed by atoms with E-state index in [-0.39, 0.29) is 17.8 Å². The van der Waals surface area contributed by atoms with Gasteiger partial charge < -0.3 is 9.64 Å². The van der Waals surface area contributed by atoms with Crippen LogP contribution in [0.1, 0.15) is 17.3 Å². The highest BCUT2D eigenvalue weighted by molar-refractivity contribution is 9.10. The van der Waals surface area contributed by atoms with Gasteiger partial charge in [0.05, 0.1) is 23.7 Å². The first-order valence-corrected chi connectivity index (χ1v) is 6.22. The summed E-state index contributed by atoms with van der Waals surface area (Å²) >= 11 is 3.08. The van der Waals surface area contributed by atoms with Crippen LogP contribution in [0.3, 0.4) is 0 Å². The molecule has 1 fully saturated rings. The third-order valence-electron chi connectivity index (χ3n) is 2.80. The van der Waals surface area contributed by atoms with E-state index in [2.05, 4.69) is 15.9 Å². The van der Waals surface area contributed by atoms with Gasteiger partial charge in [0.2, 0.25) is 0 Å². The molecule has 0 aromatic heterocycles. The predicted molar refractivity (Wildman–Crippen MR) is 65.4 cm³/mol. The molecule has 0 saturated carbocycles. The standard InChI is InChI=1S/C12H13BrFNO2/c1-8-7-17-5-4-15(8)12(16)9-2-3-11(14)10(13)6-9/h2-3,6,8H,4-5,7H2,1H3/t8-/m1/s1. The van der Waals surface area contributed by atoms with E-state index in [1.807, 2.05) is 6.92 Å². The van der Waals surface area contributed by atoms with Crippen LogP contribution >= 0.6 is 15.9 Å². The molecule has 92 valence electrons. The van der Waals surface area contributed by atoms with Gasteiger partial charge >= 0.3 is 0 Å². The van der Waals surface area contributed by atoms with Crippen molar-refractivity contribution in [3.05, 3.63) is 34.1 Å². The number of carbonyl (C=O) groups excluding carboxylic acids is 1. The average Bonchev–Trinajstić information content (AvgIpc) is 2.32. The topological polar surface area (TPSA) is 29.5 Å². The normalized spacial score (nSPS) is 20.4. The SMILES string of the molecule is C[C@@H]1COCCN1C(=O)c1ccc(F)c(Br)c1. The first-order valence-electron chi connectivity index (χ1n) is 5.43. The number of carbonyl (C=O) groups is 1. The van der Waals surface area contributed by atoms with Crippen LogP contribution in [0.25, 0.3) is 0 Å². The van der Waals surface area contributed by atoms with Crippen molar-refractivity contribution in [1.29, 1.82) is 0 Å². The van der Waals surface area contributed by atoms with Gasteiger partial charge in [-0.15, -0.1) is 0 Å². The molecule has 1 aliphatic rings. The van der Waals surface area contributed by atoms with Crippen molar-refractivity contribution < 1.29 is 13.9 Å². The van der Waals surface area contributed by atoms with Crippen LogP contribution in [0.15, 0.2) is 22.7 Å². The van der Waals surface area contributed by atoms with E-state index >= 15 is 0 Å². The highest BCUT2D eigenvalue weighted by Gasteiger charge is 2.24. The summed E-state index contributed by atoms with van der Waals surface area (Å²) in [6.45, 7) is 3.62. The molecule has 0 N–H and O–H groups in total. The molecule has 1 amide bonds. The Morgan fingerprint density at radius 2 is 2.35 bits per heavy atom. The van der Waals surface area contributed by atoms with E-state index < -0.39 is 0 Å². The molecule has 0 unspecified atom stereocenters. The minimum Gasteiger partial charge on any atom is -0.377 e. The number of amides is 1. The van der Waals surface area contributed by atoms with Crippen molar-refractivity contribution in [2.45, 2.75) is 13.0 Å². The minimum atomic E-state index is -0.364. The van der Waals surface area contributed by atoms with E-state index in [1.165, 1.54) is 18.2 Å². The Balaban J connectivity index is 2.21. The second-order valence-electron chi connectivity index (χ2n) is 4.05. The molecule has 5 heteroatoms. The lowest BCUT2D eigenvalue weighted by atomic mass is 10.1. The zero-order chi connectivity index (χ0) is 12.4. The van der Waals surface area contributed by atoms with Crippen molar-refractivity contribution in [2.75, 3.05) is 19.8 Å². The zero-order valence-corrected chi connectivity index (χ0v) is 11.0.